The average Bonchev–Trinajstić information content (AvgIpc) is 2.45. The normalized spacial score (nSPS) is 11.1. The molecule has 0 radical (unpaired) electrons. The van der Waals surface area contributed by atoms with E-state index in [9.17, 15) is 4.39 Å². The highest BCUT2D eigenvalue weighted by Crippen LogP contribution is 2.22. The minimum absolute atomic E-state index is 0.251. The van der Waals surface area contributed by atoms with Gasteiger partial charge in [-0.05, 0) is 30.5 Å². The smallest absolute Gasteiger partial charge is 0.219 e. The quantitative estimate of drug-likeness (QED) is 0.679. The van der Waals surface area contributed by atoms with Crippen molar-refractivity contribution in [3.63, 3.8) is 0 Å². The van der Waals surface area contributed by atoms with Gasteiger partial charge in [-0.15, -0.1) is 0 Å². The third kappa shape index (κ3) is 1.20. The number of halogens is 1. The summed E-state index contributed by atoms with van der Waals surface area (Å²) in [5, 5.41) is 4.76. The van der Waals surface area contributed by atoms with Crippen LogP contribution >= 0.6 is 0 Å². The van der Waals surface area contributed by atoms with Crippen molar-refractivity contribution in [3.8, 4) is 0 Å². The van der Waals surface area contributed by atoms with Crippen LogP contribution in [0.4, 0.5) is 4.39 Å². The lowest BCUT2D eigenvalue weighted by atomic mass is 10.1. The predicted molar refractivity (Wildman–Crippen MR) is 54.8 cm³/mol. The Hall–Kier alpha value is -1.38. The Balaban J connectivity index is 2.83. The van der Waals surface area contributed by atoms with Gasteiger partial charge < -0.3 is 0 Å². The van der Waals surface area contributed by atoms with Crippen LogP contribution in [-0.4, -0.2) is 9.78 Å². The monoisotopic (exact) mass is 192 g/mol. The molecule has 14 heavy (non-hydrogen) atoms. The summed E-state index contributed by atoms with van der Waals surface area (Å²) in [6, 6.07) is 3.94. The number of fused-ring (bicyclic) bond motifs is 1. The van der Waals surface area contributed by atoms with Gasteiger partial charge in [-0.3, -0.25) is 0 Å². The van der Waals surface area contributed by atoms with Gasteiger partial charge in [-0.25, -0.2) is 4.68 Å². The predicted octanol–water partition coefficient (Wildman–Crippen LogP) is 2.58. The lowest BCUT2D eigenvalue weighted by molar-refractivity contribution is 0.512. The van der Waals surface area contributed by atoms with Crippen LogP contribution in [-0.2, 0) is 13.5 Å². The number of nitrogens with zero attached hydrogens (tertiary/aromatic N) is 2. The van der Waals surface area contributed by atoms with Gasteiger partial charge in [-0.2, -0.15) is 9.49 Å². The van der Waals surface area contributed by atoms with Crippen LogP contribution in [0.15, 0.2) is 12.1 Å². The number of aryl methyl sites for hydroxylation is 3. The van der Waals surface area contributed by atoms with E-state index in [2.05, 4.69) is 18.1 Å². The van der Waals surface area contributed by atoms with Gasteiger partial charge in [0.05, 0.1) is 10.9 Å². The van der Waals surface area contributed by atoms with E-state index in [-0.39, 0.29) is 5.95 Å². The van der Waals surface area contributed by atoms with E-state index in [4.69, 9.17) is 0 Å². The molecule has 0 N–H and O–H groups in total. The molecule has 2 rings (SSSR count). The Bertz CT molecular complexity index is 485. The summed E-state index contributed by atoms with van der Waals surface area (Å²) >= 11 is 0. The summed E-state index contributed by atoms with van der Waals surface area (Å²) in [6.07, 6.45) is 0.922. The highest BCUT2D eigenvalue weighted by Gasteiger charge is 2.10. The van der Waals surface area contributed by atoms with Gasteiger partial charge in [0.25, 0.3) is 0 Å². The summed E-state index contributed by atoms with van der Waals surface area (Å²) in [5.41, 5.74) is 2.96. The van der Waals surface area contributed by atoms with Crippen molar-refractivity contribution < 1.29 is 4.39 Å². The van der Waals surface area contributed by atoms with Crippen molar-refractivity contribution in [1.29, 1.82) is 0 Å². The summed E-state index contributed by atoms with van der Waals surface area (Å²) < 4.78 is 14.8. The number of hydrogen-bond acceptors (Lipinski definition) is 1. The Kier molecular flexibility index (Phi) is 2.02. The average molecular weight is 192 g/mol. The van der Waals surface area contributed by atoms with E-state index in [1.807, 2.05) is 13.0 Å². The second-order valence-electron chi connectivity index (χ2n) is 3.58. The molecule has 0 saturated heterocycles. The maximum Gasteiger partial charge on any atom is 0.219 e. The van der Waals surface area contributed by atoms with E-state index >= 15 is 0 Å². The van der Waals surface area contributed by atoms with Crippen molar-refractivity contribution in [1.82, 2.24) is 9.78 Å². The van der Waals surface area contributed by atoms with E-state index in [1.54, 1.807) is 7.05 Å². The molecule has 2 aromatic rings. The van der Waals surface area contributed by atoms with Crippen LogP contribution in [0.1, 0.15) is 18.1 Å². The van der Waals surface area contributed by atoms with E-state index in [1.165, 1.54) is 4.68 Å². The first-order chi connectivity index (χ1) is 6.63. The molecule has 2 nitrogen and oxygen atoms in total. The molecule has 0 saturated carbocycles. The molecule has 0 unspecified atom stereocenters. The molecule has 3 heteroatoms. The molecule has 1 aromatic heterocycles. The molecule has 0 amide bonds. The van der Waals surface area contributed by atoms with Crippen LogP contribution in [0.2, 0.25) is 0 Å². The van der Waals surface area contributed by atoms with Crippen LogP contribution in [0.25, 0.3) is 10.9 Å². The fourth-order valence-corrected chi connectivity index (χ4v) is 1.72. The highest BCUT2D eigenvalue weighted by atomic mass is 19.1. The van der Waals surface area contributed by atoms with Crippen LogP contribution in [0.5, 0.6) is 0 Å². The van der Waals surface area contributed by atoms with Gasteiger partial charge in [0.2, 0.25) is 5.95 Å². The molecule has 74 valence electrons. The molecule has 0 atom stereocenters. The summed E-state index contributed by atoms with van der Waals surface area (Å²) in [4.78, 5) is 0. The first-order valence-electron chi connectivity index (χ1n) is 4.75. The zero-order chi connectivity index (χ0) is 10.3. The summed E-state index contributed by atoms with van der Waals surface area (Å²) in [5.74, 6) is -0.251. The topological polar surface area (TPSA) is 17.8 Å². The van der Waals surface area contributed by atoms with E-state index in [0.29, 0.717) is 5.39 Å². The molecule has 1 heterocycles. The molecule has 0 bridgehead atoms. The second-order valence-corrected chi connectivity index (χ2v) is 3.58. The number of benzene rings is 1. The molecular weight excluding hydrogens is 179 g/mol. The third-order valence-corrected chi connectivity index (χ3v) is 2.52. The van der Waals surface area contributed by atoms with Gasteiger partial charge in [-0.1, -0.05) is 13.0 Å². The van der Waals surface area contributed by atoms with Crippen LogP contribution < -0.4 is 0 Å². The maximum atomic E-state index is 13.6. The van der Waals surface area contributed by atoms with Crippen molar-refractivity contribution in [2.45, 2.75) is 20.3 Å². The van der Waals surface area contributed by atoms with Crippen LogP contribution in [0.3, 0.4) is 0 Å². The van der Waals surface area contributed by atoms with Crippen molar-refractivity contribution in [3.05, 3.63) is 29.2 Å². The van der Waals surface area contributed by atoms with Gasteiger partial charge in [0.15, 0.2) is 0 Å². The molecule has 0 aliphatic carbocycles. The van der Waals surface area contributed by atoms with E-state index < -0.39 is 0 Å². The van der Waals surface area contributed by atoms with E-state index in [0.717, 1.165) is 23.1 Å². The van der Waals surface area contributed by atoms with Crippen molar-refractivity contribution in [2.75, 3.05) is 0 Å². The maximum absolute atomic E-state index is 13.6. The Morgan fingerprint density at radius 2 is 2.14 bits per heavy atom. The number of rotatable bonds is 1. The van der Waals surface area contributed by atoms with Crippen LogP contribution in [0, 0.1) is 12.9 Å². The largest absolute Gasteiger partial charge is 0.242 e. The zero-order valence-electron chi connectivity index (χ0n) is 8.63. The van der Waals surface area contributed by atoms with Crippen molar-refractivity contribution >= 4 is 10.9 Å². The number of hydrogen-bond donors (Lipinski definition) is 0. The Labute approximate surface area is 82.3 Å². The third-order valence-electron chi connectivity index (χ3n) is 2.52. The van der Waals surface area contributed by atoms with Gasteiger partial charge in [0, 0.05) is 7.05 Å². The highest BCUT2D eigenvalue weighted by molar-refractivity contribution is 5.82. The Morgan fingerprint density at radius 3 is 2.79 bits per heavy atom. The zero-order valence-corrected chi connectivity index (χ0v) is 8.63. The lowest BCUT2D eigenvalue weighted by Gasteiger charge is -1.99. The molecule has 1 aromatic carbocycles. The fraction of sp³-hybridized carbons (Fsp3) is 0.364. The Morgan fingerprint density at radius 1 is 1.43 bits per heavy atom. The van der Waals surface area contributed by atoms with Gasteiger partial charge in [0.1, 0.15) is 0 Å². The molecule has 0 aliphatic heterocycles. The molecule has 0 fully saturated rings. The minimum atomic E-state index is -0.251. The molecule has 0 aliphatic rings. The fourth-order valence-electron chi connectivity index (χ4n) is 1.72. The SMILES string of the molecule is CCc1cc(C)c2nn(C)c(F)c2c1. The molecule has 0 spiro atoms. The van der Waals surface area contributed by atoms with Gasteiger partial charge >= 0.3 is 0 Å². The molecular formula is C11H13FN2. The standard InChI is InChI=1S/C11H13FN2/c1-4-8-5-7(2)10-9(6-8)11(12)14(3)13-10/h5-6H,4H2,1-3H3. The van der Waals surface area contributed by atoms with Crippen molar-refractivity contribution in [2.24, 2.45) is 7.05 Å². The lowest BCUT2D eigenvalue weighted by Crippen LogP contribution is -1.92. The number of aromatic nitrogens is 2. The summed E-state index contributed by atoms with van der Waals surface area (Å²) in [6.45, 7) is 4.03. The minimum Gasteiger partial charge on any atom is -0.242 e. The first kappa shape index (κ1) is 9.19. The second kappa shape index (κ2) is 3.08. The summed E-state index contributed by atoms with van der Waals surface area (Å²) in [7, 11) is 1.63. The first-order valence-corrected chi connectivity index (χ1v) is 4.75.